The number of hydrogen-bond donors (Lipinski definition) is 0. The first-order chi connectivity index (χ1) is 5.29. The van der Waals surface area contributed by atoms with Crippen molar-refractivity contribution in [1.29, 1.82) is 0 Å². The fraction of sp³-hybridized carbons (Fsp3) is 0.625. The SMILES string of the molecule is CC1CCCc2c(Cl)ncn21. The first-order valence-electron chi connectivity index (χ1n) is 4.00. The average Bonchev–Trinajstić information content (AvgIpc) is 2.35. The average molecular weight is 171 g/mol. The molecule has 0 spiro atoms. The molecule has 0 bridgehead atoms. The Balaban J connectivity index is 2.46. The largest absolute Gasteiger partial charge is 0.330 e. The van der Waals surface area contributed by atoms with Crippen LogP contribution in [-0.2, 0) is 6.42 Å². The number of rotatable bonds is 0. The number of aromatic nitrogens is 2. The van der Waals surface area contributed by atoms with Crippen LogP contribution in [0.1, 0.15) is 31.5 Å². The van der Waals surface area contributed by atoms with Crippen molar-refractivity contribution >= 4 is 11.6 Å². The summed E-state index contributed by atoms with van der Waals surface area (Å²) in [6, 6.07) is 0.582. The molecular formula is C8H11ClN2. The van der Waals surface area contributed by atoms with E-state index in [9.17, 15) is 0 Å². The summed E-state index contributed by atoms with van der Waals surface area (Å²) in [4.78, 5) is 4.08. The Morgan fingerprint density at radius 3 is 3.27 bits per heavy atom. The van der Waals surface area contributed by atoms with Crippen molar-refractivity contribution < 1.29 is 0 Å². The normalized spacial score (nSPS) is 23.3. The predicted molar refractivity (Wildman–Crippen MR) is 44.9 cm³/mol. The van der Waals surface area contributed by atoms with Crippen LogP contribution >= 0.6 is 11.6 Å². The summed E-state index contributed by atoms with van der Waals surface area (Å²) in [5.41, 5.74) is 1.21. The summed E-state index contributed by atoms with van der Waals surface area (Å²) in [5.74, 6) is 0. The third-order valence-electron chi connectivity index (χ3n) is 2.36. The van der Waals surface area contributed by atoms with Crippen LogP contribution < -0.4 is 0 Å². The molecule has 1 aromatic rings. The highest BCUT2D eigenvalue weighted by molar-refractivity contribution is 6.30. The standard InChI is InChI=1S/C8H11ClN2/c1-6-3-2-4-7-8(9)10-5-11(6)7/h5-6H,2-4H2,1H3. The van der Waals surface area contributed by atoms with Crippen molar-refractivity contribution in [1.82, 2.24) is 9.55 Å². The second-order valence-electron chi connectivity index (χ2n) is 3.13. The van der Waals surface area contributed by atoms with Crippen LogP contribution in [0.15, 0.2) is 6.33 Å². The molecule has 0 aromatic carbocycles. The van der Waals surface area contributed by atoms with Gasteiger partial charge in [-0.3, -0.25) is 0 Å². The van der Waals surface area contributed by atoms with Crippen molar-refractivity contribution in [2.75, 3.05) is 0 Å². The van der Waals surface area contributed by atoms with Gasteiger partial charge in [0.25, 0.3) is 0 Å². The van der Waals surface area contributed by atoms with Gasteiger partial charge in [0.05, 0.1) is 12.0 Å². The Hall–Kier alpha value is -0.500. The van der Waals surface area contributed by atoms with Gasteiger partial charge in [-0.25, -0.2) is 4.98 Å². The molecule has 1 aliphatic heterocycles. The maximum atomic E-state index is 5.89. The maximum absolute atomic E-state index is 5.89. The molecule has 11 heavy (non-hydrogen) atoms. The number of hydrogen-bond acceptors (Lipinski definition) is 1. The molecule has 0 amide bonds. The molecule has 0 fully saturated rings. The number of halogens is 1. The quantitative estimate of drug-likeness (QED) is 0.585. The van der Waals surface area contributed by atoms with E-state index in [0.717, 1.165) is 6.42 Å². The third kappa shape index (κ3) is 1.06. The van der Waals surface area contributed by atoms with Gasteiger partial charge in [0.1, 0.15) is 5.15 Å². The Morgan fingerprint density at radius 2 is 2.55 bits per heavy atom. The van der Waals surface area contributed by atoms with Crippen LogP contribution in [0.5, 0.6) is 0 Å². The minimum atomic E-state index is 0.582. The minimum absolute atomic E-state index is 0.582. The van der Waals surface area contributed by atoms with Crippen LogP contribution in [-0.4, -0.2) is 9.55 Å². The molecule has 0 N–H and O–H groups in total. The van der Waals surface area contributed by atoms with Gasteiger partial charge in [-0.2, -0.15) is 0 Å². The summed E-state index contributed by atoms with van der Waals surface area (Å²) in [7, 11) is 0. The smallest absolute Gasteiger partial charge is 0.150 e. The zero-order chi connectivity index (χ0) is 7.84. The molecule has 2 nitrogen and oxygen atoms in total. The van der Waals surface area contributed by atoms with E-state index in [2.05, 4.69) is 16.5 Å². The fourth-order valence-corrected chi connectivity index (χ4v) is 1.92. The van der Waals surface area contributed by atoms with E-state index < -0.39 is 0 Å². The van der Waals surface area contributed by atoms with Crippen LogP contribution in [0, 0.1) is 0 Å². The van der Waals surface area contributed by atoms with Gasteiger partial charge in [0.15, 0.2) is 0 Å². The molecule has 2 heterocycles. The molecule has 0 saturated carbocycles. The van der Waals surface area contributed by atoms with Crippen molar-refractivity contribution in [3.8, 4) is 0 Å². The van der Waals surface area contributed by atoms with Crippen LogP contribution in [0.25, 0.3) is 0 Å². The van der Waals surface area contributed by atoms with Gasteiger partial charge in [-0.15, -0.1) is 0 Å². The van der Waals surface area contributed by atoms with Crippen molar-refractivity contribution in [2.45, 2.75) is 32.2 Å². The zero-order valence-electron chi connectivity index (χ0n) is 6.55. The molecule has 1 aliphatic rings. The molecule has 1 unspecified atom stereocenters. The Kier molecular flexibility index (Phi) is 1.64. The van der Waals surface area contributed by atoms with Gasteiger partial charge < -0.3 is 4.57 Å². The fourth-order valence-electron chi connectivity index (χ4n) is 1.68. The lowest BCUT2D eigenvalue weighted by Crippen LogP contribution is -2.13. The predicted octanol–water partition coefficient (Wildman–Crippen LogP) is 2.43. The second-order valence-corrected chi connectivity index (χ2v) is 3.49. The van der Waals surface area contributed by atoms with E-state index in [4.69, 9.17) is 11.6 Å². The summed E-state index contributed by atoms with van der Waals surface area (Å²) in [6.07, 6.45) is 5.43. The van der Waals surface area contributed by atoms with Crippen molar-refractivity contribution in [2.24, 2.45) is 0 Å². The van der Waals surface area contributed by atoms with Crippen molar-refractivity contribution in [3.05, 3.63) is 17.2 Å². The Labute approximate surface area is 71.2 Å². The first-order valence-corrected chi connectivity index (χ1v) is 4.38. The summed E-state index contributed by atoms with van der Waals surface area (Å²) in [6.45, 7) is 2.21. The molecule has 0 aliphatic carbocycles. The molecule has 1 aromatic heterocycles. The molecule has 3 heteroatoms. The van der Waals surface area contributed by atoms with Gasteiger partial charge in [0.2, 0.25) is 0 Å². The lowest BCUT2D eigenvalue weighted by atomic mass is 10.0. The minimum Gasteiger partial charge on any atom is -0.330 e. The van der Waals surface area contributed by atoms with Gasteiger partial charge in [-0.1, -0.05) is 11.6 Å². The molecule has 60 valence electrons. The number of imidazole rings is 1. The van der Waals surface area contributed by atoms with E-state index in [-0.39, 0.29) is 0 Å². The van der Waals surface area contributed by atoms with Gasteiger partial charge in [0, 0.05) is 6.04 Å². The lowest BCUT2D eigenvalue weighted by molar-refractivity contribution is 0.432. The summed E-state index contributed by atoms with van der Waals surface area (Å²) in [5, 5.41) is 0.691. The molecule has 2 rings (SSSR count). The van der Waals surface area contributed by atoms with Gasteiger partial charge >= 0.3 is 0 Å². The van der Waals surface area contributed by atoms with E-state index in [0.29, 0.717) is 11.2 Å². The van der Waals surface area contributed by atoms with Crippen LogP contribution in [0.2, 0.25) is 5.15 Å². The highest BCUT2D eigenvalue weighted by atomic mass is 35.5. The topological polar surface area (TPSA) is 17.8 Å². The zero-order valence-corrected chi connectivity index (χ0v) is 7.30. The van der Waals surface area contributed by atoms with Crippen molar-refractivity contribution in [3.63, 3.8) is 0 Å². The second kappa shape index (κ2) is 2.52. The molecule has 0 saturated heterocycles. The molecular weight excluding hydrogens is 160 g/mol. The highest BCUT2D eigenvalue weighted by Gasteiger charge is 2.18. The maximum Gasteiger partial charge on any atom is 0.150 e. The van der Waals surface area contributed by atoms with E-state index in [1.807, 2.05) is 6.33 Å². The monoisotopic (exact) mass is 170 g/mol. The molecule has 0 radical (unpaired) electrons. The van der Waals surface area contributed by atoms with Gasteiger partial charge in [-0.05, 0) is 26.2 Å². The number of nitrogens with zero attached hydrogens (tertiary/aromatic N) is 2. The Bertz CT molecular complexity index is 267. The number of fused-ring (bicyclic) bond motifs is 1. The highest BCUT2D eigenvalue weighted by Crippen LogP contribution is 2.27. The van der Waals surface area contributed by atoms with E-state index >= 15 is 0 Å². The first kappa shape index (κ1) is 7.17. The summed E-state index contributed by atoms with van der Waals surface area (Å²) >= 11 is 5.89. The lowest BCUT2D eigenvalue weighted by Gasteiger charge is -2.21. The van der Waals surface area contributed by atoms with E-state index in [1.54, 1.807) is 0 Å². The van der Waals surface area contributed by atoms with Crippen LogP contribution in [0.4, 0.5) is 0 Å². The third-order valence-corrected chi connectivity index (χ3v) is 2.67. The van der Waals surface area contributed by atoms with Crippen LogP contribution in [0.3, 0.4) is 0 Å². The Morgan fingerprint density at radius 1 is 1.73 bits per heavy atom. The summed E-state index contributed by atoms with van der Waals surface area (Å²) < 4.78 is 2.19. The van der Waals surface area contributed by atoms with E-state index in [1.165, 1.54) is 18.5 Å². The molecule has 1 atom stereocenters.